The van der Waals surface area contributed by atoms with E-state index in [4.69, 9.17) is 18.9 Å². The van der Waals surface area contributed by atoms with Crippen LogP contribution >= 0.6 is 0 Å². The summed E-state index contributed by atoms with van der Waals surface area (Å²) >= 11 is 0. The summed E-state index contributed by atoms with van der Waals surface area (Å²) in [6, 6.07) is 7.10. The highest BCUT2D eigenvalue weighted by Crippen LogP contribution is 2.43. The molecular weight excluding hydrogens is 442 g/mol. The third-order valence-electron chi connectivity index (χ3n) is 6.66. The lowest BCUT2D eigenvalue weighted by molar-refractivity contribution is -0.169. The maximum Gasteiger partial charge on any atom is 0.258 e. The van der Waals surface area contributed by atoms with Crippen molar-refractivity contribution in [3.05, 3.63) is 39.7 Å². The molecule has 2 N–H and O–H groups in total. The van der Waals surface area contributed by atoms with Crippen molar-refractivity contribution in [2.45, 2.75) is 24.5 Å². The minimum atomic E-state index is -1.13. The predicted molar refractivity (Wildman–Crippen MR) is 120 cm³/mol. The summed E-state index contributed by atoms with van der Waals surface area (Å²) in [4.78, 5) is 35.6. The third-order valence-corrected chi connectivity index (χ3v) is 6.66. The van der Waals surface area contributed by atoms with Crippen LogP contribution in [0.15, 0.2) is 23.0 Å². The lowest BCUT2D eigenvalue weighted by Crippen LogP contribution is -2.46. The van der Waals surface area contributed by atoms with Gasteiger partial charge in [-0.25, -0.2) is 0 Å². The van der Waals surface area contributed by atoms with E-state index < -0.39 is 29.1 Å². The Morgan fingerprint density at radius 3 is 2.56 bits per heavy atom. The number of nitrogens with zero attached hydrogens (tertiary/aromatic N) is 3. The zero-order chi connectivity index (χ0) is 23.9. The third kappa shape index (κ3) is 3.65. The predicted octanol–water partition coefficient (Wildman–Crippen LogP) is 1.35. The standard InChI is InChI=1S/C23H25N5O6/c1-31-13-3-4-14(16(11-13)32-2)17-15(12-24)20(29)25-19-18(17)21(30)27-22(26-19)28-7-5-23(6-8-28)33-9-10-34-23/h3-4,11,15,17H,5-10H2,1-2H3,(H2,25,26,27,29,30). The molecule has 0 aliphatic carbocycles. The molecule has 34 heavy (non-hydrogen) atoms. The average Bonchev–Trinajstić information content (AvgIpc) is 3.30. The largest absolute Gasteiger partial charge is 0.497 e. The number of hydrogen-bond donors (Lipinski definition) is 2. The minimum Gasteiger partial charge on any atom is -0.497 e. The van der Waals surface area contributed by atoms with Gasteiger partial charge >= 0.3 is 0 Å². The van der Waals surface area contributed by atoms with E-state index in [9.17, 15) is 14.9 Å². The van der Waals surface area contributed by atoms with Gasteiger partial charge in [-0.3, -0.25) is 14.6 Å². The Morgan fingerprint density at radius 1 is 1.18 bits per heavy atom. The van der Waals surface area contributed by atoms with E-state index in [2.05, 4.69) is 15.3 Å². The monoisotopic (exact) mass is 467 g/mol. The molecule has 178 valence electrons. The Labute approximate surface area is 195 Å². The average molecular weight is 467 g/mol. The molecule has 1 aromatic heterocycles. The Morgan fingerprint density at radius 2 is 1.91 bits per heavy atom. The van der Waals surface area contributed by atoms with Crippen LogP contribution in [0.1, 0.15) is 29.9 Å². The number of benzene rings is 1. The molecule has 2 fully saturated rings. The maximum absolute atomic E-state index is 13.4. The summed E-state index contributed by atoms with van der Waals surface area (Å²) in [6.07, 6.45) is 1.28. The van der Waals surface area contributed by atoms with Crippen molar-refractivity contribution >= 4 is 17.7 Å². The molecule has 5 rings (SSSR count). The summed E-state index contributed by atoms with van der Waals surface area (Å²) in [6.45, 7) is 2.31. The number of carbonyl (C=O) groups excluding carboxylic acids is 1. The number of carbonyl (C=O) groups is 1. The number of nitrogens with one attached hydrogen (secondary N) is 2. The van der Waals surface area contributed by atoms with Gasteiger partial charge in [-0.15, -0.1) is 0 Å². The number of amides is 1. The smallest absolute Gasteiger partial charge is 0.258 e. The van der Waals surface area contributed by atoms with Crippen LogP contribution in [0.5, 0.6) is 11.5 Å². The molecule has 1 amide bonds. The van der Waals surface area contributed by atoms with E-state index in [-0.39, 0.29) is 11.4 Å². The molecule has 2 atom stereocenters. The molecule has 11 heteroatoms. The number of aromatic amines is 1. The van der Waals surface area contributed by atoms with Crippen LogP contribution in [0.4, 0.5) is 11.8 Å². The number of ether oxygens (including phenoxy) is 4. The molecule has 4 heterocycles. The summed E-state index contributed by atoms with van der Waals surface area (Å²) in [7, 11) is 3.01. The van der Waals surface area contributed by atoms with Crippen LogP contribution in [0.25, 0.3) is 0 Å². The number of rotatable bonds is 4. The van der Waals surface area contributed by atoms with Gasteiger partial charge in [0.2, 0.25) is 11.9 Å². The lowest BCUT2D eigenvalue weighted by Gasteiger charge is -2.38. The van der Waals surface area contributed by atoms with Crippen molar-refractivity contribution in [3.8, 4) is 17.6 Å². The Bertz CT molecular complexity index is 1210. The quantitative estimate of drug-likeness (QED) is 0.682. The topological polar surface area (TPSA) is 139 Å². The van der Waals surface area contributed by atoms with Gasteiger partial charge in [0.15, 0.2) is 5.79 Å². The van der Waals surface area contributed by atoms with Crippen molar-refractivity contribution in [2.24, 2.45) is 5.92 Å². The van der Waals surface area contributed by atoms with Crippen LogP contribution < -0.4 is 25.2 Å². The van der Waals surface area contributed by atoms with Gasteiger partial charge in [0.05, 0.1) is 39.1 Å². The van der Waals surface area contributed by atoms with E-state index in [1.807, 2.05) is 11.0 Å². The summed E-state index contributed by atoms with van der Waals surface area (Å²) in [5.74, 6) is -1.61. The SMILES string of the molecule is COc1ccc(C2c3c(nc(N4CCC5(CC4)OCCO5)[nH]c3=O)NC(=O)C2C#N)c(OC)c1. The summed E-state index contributed by atoms with van der Waals surface area (Å²) in [5, 5.41) is 12.4. The molecule has 0 saturated carbocycles. The Hall–Kier alpha value is -3.62. The van der Waals surface area contributed by atoms with Gasteiger partial charge in [0.25, 0.3) is 5.56 Å². The second-order valence-corrected chi connectivity index (χ2v) is 8.43. The van der Waals surface area contributed by atoms with Gasteiger partial charge in [-0.2, -0.15) is 10.2 Å². The van der Waals surface area contributed by atoms with Crippen molar-refractivity contribution < 1.29 is 23.7 Å². The molecule has 2 aromatic rings. The highest BCUT2D eigenvalue weighted by atomic mass is 16.7. The van der Waals surface area contributed by atoms with Gasteiger partial charge < -0.3 is 29.2 Å². The van der Waals surface area contributed by atoms with Gasteiger partial charge in [0.1, 0.15) is 23.2 Å². The van der Waals surface area contributed by atoms with Crippen LogP contribution in [0.3, 0.4) is 0 Å². The van der Waals surface area contributed by atoms with Crippen LogP contribution in [0.2, 0.25) is 0 Å². The van der Waals surface area contributed by atoms with Crippen LogP contribution in [-0.2, 0) is 14.3 Å². The number of nitriles is 1. The van der Waals surface area contributed by atoms with E-state index >= 15 is 0 Å². The van der Waals surface area contributed by atoms with Crippen molar-refractivity contribution in [1.29, 1.82) is 5.26 Å². The minimum absolute atomic E-state index is 0.145. The number of aromatic nitrogens is 2. The summed E-state index contributed by atoms with van der Waals surface area (Å²) < 4.78 is 22.3. The first kappa shape index (κ1) is 22.2. The molecule has 2 saturated heterocycles. The molecule has 3 aliphatic heterocycles. The fraction of sp³-hybridized carbons (Fsp3) is 0.478. The van der Waals surface area contributed by atoms with Gasteiger partial charge in [-0.1, -0.05) is 6.07 Å². The van der Waals surface area contributed by atoms with Gasteiger partial charge in [-0.05, 0) is 6.07 Å². The number of H-pyrrole nitrogens is 1. The number of fused-ring (bicyclic) bond motifs is 1. The van der Waals surface area contributed by atoms with E-state index in [0.717, 1.165) is 0 Å². The normalized spacial score (nSPS) is 23.2. The van der Waals surface area contributed by atoms with E-state index in [1.165, 1.54) is 14.2 Å². The zero-order valence-electron chi connectivity index (χ0n) is 18.9. The number of anilines is 2. The first-order valence-corrected chi connectivity index (χ1v) is 11.1. The van der Waals surface area contributed by atoms with E-state index in [0.29, 0.717) is 62.2 Å². The summed E-state index contributed by atoms with van der Waals surface area (Å²) in [5.41, 5.74) is 0.326. The second kappa shape index (κ2) is 8.62. The van der Waals surface area contributed by atoms with Crippen LogP contribution in [-0.4, -0.2) is 62.2 Å². The number of methoxy groups -OCH3 is 2. The first-order chi connectivity index (χ1) is 16.5. The highest BCUT2D eigenvalue weighted by Gasteiger charge is 2.43. The Balaban J connectivity index is 1.54. The van der Waals surface area contributed by atoms with Crippen LogP contribution in [0, 0.1) is 17.2 Å². The molecule has 0 radical (unpaired) electrons. The molecular formula is C23H25N5O6. The van der Waals surface area contributed by atoms with Crippen molar-refractivity contribution in [1.82, 2.24) is 9.97 Å². The Kier molecular flexibility index (Phi) is 5.63. The first-order valence-electron chi connectivity index (χ1n) is 11.1. The molecule has 1 spiro atoms. The molecule has 1 aromatic carbocycles. The fourth-order valence-electron chi connectivity index (χ4n) is 4.91. The molecule has 11 nitrogen and oxygen atoms in total. The zero-order valence-corrected chi connectivity index (χ0v) is 18.9. The lowest BCUT2D eigenvalue weighted by atomic mass is 9.78. The van der Waals surface area contributed by atoms with Gasteiger partial charge in [0, 0.05) is 43.5 Å². The molecule has 0 bridgehead atoms. The van der Waals surface area contributed by atoms with Crippen molar-refractivity contribution in [3.63, 3.8) is 0 Å². The van der Waals surface area contributed by atoms with Crippen molar-refractivity contribution in [2.75, 3.05) is 50.7 Å². The number of hydrogen-bond acceptors (Lipinski definition) is 9. The number of piperidine rings is 1. The van der Waals surface area contributed by atoms with E-state index in [1.54, 1.807) is 18.2 Å². The molecule has 3 aliphatic rings. The fourth-order valence-corrected chi connectivity index (χ4v) is 4.91. The highest BCUT2D eigenvalue weighted by molar-refractivity contribution is 5.98. The maximum atomic E-state index is 13.4. The molecule has 2 unspecified atom stereocenters. The second-order valence-electron chi connectivity index (χ2n) is 8.43.